The second-order valence-electron chi connectivity index (χ2n) is 6.09. The maximum absolute atomic E-state index is 14.1. The van der Waals surface area contributed by atoms with Crippen LogP contribution in [0, 0.1) is 11.6 Å². The molecule has 3 rings (SSSR count). The monoisotopic (exact) mass is 418 g/mol. The lowest BCUT2D eigenvalue weighted by Crippen LogP contribution is -2.30. The summed E-state index contributed by atoms with van der Waals surface area (Å²) in [5.74, 6) is -3.15. The molecule has 0 saturated heterocycles. The average molecular weight is 418 g/mol. The normalized spacial score (nSPS) is 11.7. The molecule has 0 saturated carbocycles. The highest BCUT2D eigenvalue weighted by atomic mass is 32.1. The van der Waals surface area contributed by atoms with Crippen LogP contribution in [0.4, 0.5) is 8.78 Å². The summed E-state index contributed by atoms with van der Waals surface area (Å²) in [4.78, 5) is 27.9. The van der Waals surface area contributed by atoms with Crippen LogP contribution in [0.15, 0.2) is 53.4 Å². The Morgan fingerprint density at radius 1 is 1.21 bits per heavy atom. The predicted molar refractivity (Wildman–Crippen MR) is 102 cm³/mol. The number of halogens is 2. The number of nitrogens with one attached hydrogen (secondary N) is 1. The van der Waals surface area contributed by atoms with E-state index in [0.717, 1.165) is 17.8 Å². The second kappa shape index (κ2) is 9.24. The number of rotatable bonds is 8. The number of hydrogen-bond acceptors (Lipinski definition) is 5. The van der Waals surface area contributed by atoms with Gasteiger partial charge in [-0.25, -0.2) is 13.8 Å². The van der Waals surface area contributed by atoms with Crippen molar-refractivity contribution in [2.75, 3.05) is 0 Å². The number of aromatic nitrogens is 1. The summed E-state index contributed by atoms with van der Waals surface area (Å²) in [6.45, 7) is 0.233. The van der Waals surface area contributed by atoms with Gasteiger partial charge in [-0.05, 0) is 24.3 Å². The van der Waals surface area contributed by atoms with Crippen molar-refractivity contribution >= 4 is 23.2 Å². The van der Waals surface area contributed by atoms with E-state index in [4.69, 9.17) is 9.84 Å². The van der Waals surface area contributed by atoms with Crippen molar-refractivity contribution in [2.24, 2.45) is 0 Å². The topological polar surface area (TPSA) is 88.5 Å². The van der Waals surface area contributed by atoms with Crippen LogP contribution < -0.4 is 10.1 Å². The van der Waals surface area contributed by atoms with Crippen LogP contribution in [0.25, 0.3) is 0 Å². The zero-order chi connectivity index (χ0) is 20.8. The van der Waals surface area contributed by atoms with E-state index >= 15 is 0 Å². The summed E-state index contributed by atoms with van der Waals surface area (Å²) < 4.78 is 32.8. The Bertz CT molecular complexity index is 1010. The minimum atomic E-state index is -1.24. The molecule has 0 aliphatic carbocycles. The summed E-state index contributed by atoms with van der Waals surface area (Å²) in [6.07, 6.45) is -0.561. The third-order valence-corrected chi connectivity index (χ3v) is 4.62. The SMILES string of the molecule is O=C(O)C[C@@H](NC(=O)c1cccc(OCc2cscn2)c1)c1ccc(F)cc1F. The molecule has 0 radical (unpaired) electrons. The molecular weight excluding hydrogens is 402 g/mol. The summed E-state index contributed by atoms with van der Waals surface area (Å²) in [7, 11) is 0. The van der Waals surface area contributed by atoms with Gasteiger partial charge in [-0.15, -0.1) is 11.3 Å². The zero-order valence-corrected chi connectivity index (χ0v) is 15.8. The molecule has 2 aromatic carbocycles. The van der Waals surface area contributed by atoms with Crippen molar-refractivity contribution in [3.05, 3.63) is 81.8 Å². The minimum absolute atomic E-state index is 0.113. The molecule has 1 aromatic heterocycles. The zero-order valence-electron chi connectivity index (χ0n) is 15.0. The molecule has 0 aliphatic rings. The van der Waals surface area contributed by atoms with Gasteiger partial charge in [-0.3, -0.25) is 9.59 Å². The van der Waals surface area contributed by atoms with Crippen LogP contribution in [0.5, 0.6) is 5.75 Å². The summed E-state index contributed by atoms with van der Waals surface area (Å²) >= 11 is 1.44. The number of thiazole rings is 1. The first kappa shape index (κ1) is 20.4. The van der Waals surface area contributed by atoms with Crippen LogP contribution in [0.3, 0.4) is 0 Å². The Labute approximate surface area is 168 Å². The van der Waals surface area contributed by atoms with E-state index in [0.29, 0.717) is 11.8 Å². The van der Waals surface area contributed by atoms with Gasteiger partial charge in [0, 0.05) is 22.6 Å². The van der Waals surface area contributed by atoms with Gasteiger partial charge in [0.1, 0.15) is 24.0 Å². The second-order valence-corrected chi connectivity index (χ2v) is 6.80. The van der Waals surface area contributed by atoms with Gasteiger partial charge in [0.2, 0.25) is 0 Å². The fourth-order valence-corrected chi connectivity index (χ4v) is 3.18. The molecule has 2 N–H and O–H groups in total. The molecule has 3 aromatic rings. The lowest BCUT2D eigenvalue weighted by Gasteiger charge is -2.18. The molecule has 9 heteroatoms. The number of carbonyl (C=O) groups excluding carboxylic acids is 1. The molecule has 150 valence electrons. The highest BCUT2D eigenvalue weighted by molar-refractivity contribution is 7.07. The molecule has 6 nitrogen and oxygen atoms in total. The molecule has 1 amide bonds. The van der Waals surface area contributed by atoms with Gasteiger partial charge in [-0.2, -0.15) is 0 Å². The third kappa shape index (κ3) is 5.58. The molecular formula is C20H16F2N2O4S. The van der Waals surface area contributed by atoms with Gasteiger partial charge in [0.25, 0.3) is 5.91 Å². The fourth-order valence-electron chi connectivity index (χ4n) is 2.63. The number of carbonyl (C=O) groups is 2. The largest absolute Gasteiger partial charge is 0.487 e. The lowest BCUT2D eigenvalue weighted by atomic mass is 10.0. The Balaban J connectivity index is 1.75. The van der Waals surface area contributed by atoms with Gasteiger partial charge < -0.3 is 15.2 Å². The minimum Gasteiger partial charge on any atom is -0.487 e. The Kier molecular flexibility index (Phi) is 6.50. The van der Waals surface area contributed by atoms with Gasteiger partial charge in [-0.1, -0.05) is 12.1 Å². The van der Waals surface area contributed by atoms with Crippen molar-refractivity contribution in [3.8, 4) is 5.75 Å². The van der Waals surface area contributed by atoms with Gasteiger partial charge in [0.05, 0.1) is 23.7 Å². The maximum Gasteiger partial charge on any atom is 0.305 e. The van der Waals surface area contributed by atoms with Crippen LogP contribution in [-0.2, 0) is 11.4 Å². The van der Waals surface area contributed by atoms with E-state index in [9.17, 15) is 18.4 Å². The molecule has 0 unspecified atom stereocenters. The number of carboxylic acids is 1. The van der Waals surface area contributed by atoms with Crippen molar-refractivity contribution in [1.29, 1.82) is 0 Å². The van der Waals surface area contributed by atoms with E-state index in [2.05, 4.69) is 10.3 Å². The number of nitrogens with zero attached hydrogens (tertiary/aromatic N) is 1. The Morgan fingerprint density at radius 2 is 2.03 bits per heavy atom. The predicted octanol–water partition coefficient (Wildman–Crippen LogP) is 3.95. The molecule has 0 aliphatic heterocycles. The maximum atomic E-state index is 14.1. The number of ether oxygens (including phenoxy) is 1. The molecule has 0 fully saturated rings. The third-order valence-electron chi connectivity index (χ3n) is 3.99. The smallest absolute Gasteiger partial charge is 0.305 e. The van der Waals surface area contributed by atoms with Crippen molar-refractivity contribution < 1.29 is 28.2 Å². The number of carboxylic acid groups (broad SMARTS) is 1. The van der Waals surface area contributed by atoms with Crippen LogP contribution in [-0.4, -0.2) is 22.0 Å². The quantitative estimate of drug-likeness (QED) is 0.578. The first-order valence-electron chi connectivity index (χ1n) is 8.50. The number of hydrogen-bond donors (Lipinski definition) is 2. The number of aliphatic carboxylic acids is 1. The molecule has 0 spiro atoms. The van der Waals surface area contributed by atoms with Crippen molar-refractivity contribution in [3.63, 3.8) is 0 Å². The summed E-state index contributed by atoms with van der Waals surface area (Å²) in [5, 5.41) is 13.4. The van der Waals surface area contributed by atoms with Gasteiger partial charge >= 0.3 is 5.97 Å². The number of amides is 1. The van der Waals surface area contributed by atoms with Crippen molar-refractivity contribution in [2.45, 2.75) is 19.1 Å². The average Bonchev–Trinajstić information content (AvgIpc) is 3.19. The first-order valence-corrected chi connectivity index (χ1v) is 9.44. The van der Waals surface area contributed by atoms with E-state index in [-0.39, 0.29) is 17.7 Å². The van der Waals surface area contributed by atoms with Crippen molar-refractivity contribution in [1.82, 2.24) is 10.3 Å². The molecule has 29 heavy (non-hydrogen) atoms. The first-order chi connectivity index (χ1) is 13.9. The van der Waals surface area contributed by atoms with Crippen LogP contribution in [0.2, 0.25) is 0 Å². The highest BCUT2D eigenvalue weighted by Gasteiger charge is 2.22. The van der Waals surface area contributed by atoms with Gasteiger partial charge in [0.15, 0.2) is 0 Å². The fraction of sp³-hybridized carbons (Fsp3) is 0.150. The molecule has 0 bridgehead atoms. The summed E-state index contributed by atoms with van der Waals surface area (Å²) in [6, 6.07) is 7.87. The van der Waals surface area contributed by atoms with Crippen LogP contribution in [0.1, 0.15) is 34.1 Å². The Hall–Kier alpha value is -3.33. The Morgan fingerprint density at radius 3 is 2.72 bits per heavy atom. The van der Waals surface area contributed by atoms with E-state index in [1.54, 1.807) is 17.6 Å². The molecule has 1 heterocycles. The van der Waals surface area contributed by atoms with E-state index in [1.165, 1.54) is 23.5 Å². The number of benzene rings is 2. The van der Waals surface area contributed by atoms with Crippen LogP contribution >= 0.6 is 11.3 Å². The lowest BCUT2D eigenvalue weighted by molar-refractivity contribution is -0.137. The standard InChI is InChI=1S/C20H16F2N2O4S/c21-13-4-5-16(17(22)7-13)18(8-19(25)26)24-20(27)12-2-1-3-15(6-12)28-9-14-10-29-11-23-14/h1-7,10-11,18H,8-9H2,(H,24,27)(H,25,26)/t18-/m1/s1. The molecule has 1 atom stereocenters. The highest BCUT2D eigenvalue weighted by Crippen LogP contribution is 2.23. The van der Waals surface area contributed by atoms with E-state index < -0.39 is 36.0 Å². The summed E-state index contributed by atoms with van der Waals surface area (Å²) in [5.41, 5.74) is 2.52. The van der Waals surface area contributed by atoms with E-state index in [1.807, 2.05) is 5.38 Å².